The number of hydrogen-bond donors (Lipinski definition) is 0. The smallest absolute Gasteiger partial charge is 0.181 e. The standard InChI is InChI=1S/C23H21FOSi/c1-18(25)20-15-13-19(14-16-20)17-23(24)26(2,21-9-5-3-6-10-21)22-11-7-4-8-12-22/h3-17H,1-2H3/b23-17+. The molecule has 0 fully saturated rings. The summed E-state index contributed by atoms with van der Waals surface area (Å²) in [5.74, 6) is 0.00814. The van der Waals surface area contributed by atoms with Gasteiger partial charge in [0.05, 0.1) is 5.45 Å². The fourth-order valence-electron chi connectivity index (χ4n) is 3.09. The number of benzene rings is 3. The molecule has 0 aliphatic rings. The number of rotatable bonds is 5. The fraction of sp³-hybridized carbons (Fsp3) is 0.0870. The van der Waals surface area contributed by atoms with Crippen molar-refractivity contribution in [3.63, 3.8) is 0 Å². The molecule has 0 aliphatic heterocycles. The van der Waals surface area contributed by atoms with E-state index in [1.165, 1.54) is 6.92 Å². The van der Waals surface area contributed by atoms with Gasteiger partial charge in [-0.15, -0.1) is 0 Å². The van der Waals surface area contributed by atoms with E-state index in [1.54, 1.807) is 30.3 Å². The van der Waals surface area contributed by atoms with Crippen LogP contribution >= 0.6 is 0 Å². The number of carbonyl (C=O) groups excluding carboxylic acids is 1. The Labute approximate surface area is 154 Å². The van der Waals surface area contributed by atoms with E-state index in [4.69, 9.17) is 0 Å². The molecule has 0 aliphatic carbocycles. The molecule has 0 atom stereocenters. The third kappa shape index (κ3) is 3.58. The summed E-state index contributed by atoms with van der Waals surface area (Å²) in [6.45, 7) is 3.56. The lowest BCUT2D eigenvalue weighted by Gasteiger charge is -2.27. The lowest BCUT2D eigenvalue weighted by atomic mass is 10.1. The molecule has 0 unspecified atom stereocenters. The SMILES string of the molecule is CC(=O)c1ccc(/C=C(\F)[Si](C)(c2ccccc2)c2ccccc2)cc1. The summed E-state index contributed by atoms with van der Waals surface area (Å²) in [7, 11) is -2.70. The van der Waals surface area contributed by atoms with E-state index in [1.807, 2.05) is 67.2 Å². The highest BCUT2D eigenvalue weighted by atomic mass is 28.3. The van der Waals surface area contributed by atoms with Crippen LogP contribution in [0.3, 0.4) is 0 Å². The van der Waals surface area contributed by atoms with Crippen LogP contribution in [0.15, 0.2) is 90.4 Å². The summed E-state index contributed by atoms with van der Waals surface area (Å²) < 4.78 is 15.6. The maximum absolute atomic E-state index is 15.6. The van der Waals surface area contributed by atoms with Gasteiger partial charge < -0.3 is 0 Å². The van der Waals surface area contributed by atoms with Gasteiger partial charge in [0.1, 0.15) is 0 Å². The summed E-state index contributed by atoms with van der Waals surface area (Å²) in [4.78, 5) is 11.4. The Kier molecular flexibility index (Phi) is 5.28. The van der Waals surface area contributed by atoms with Crippen LogP contribution in [0.2, 0.25) is 6.55 Å². The molecule has 0 saturated carbocycles. The van der Waals surface area contributed by atoms with Crippen molar-refractivity contribution in [2.24, 2.45) is 0 Å². The van der Waals surface area contributed by atoms with Crippen molar-refractivity contribution >= 4 is 30.3 Å². The number of Topliss-reactive ketones (excluding diaryl/α,β-unsaturated/α-hetero) is 1. The highest BCUT2D eigenvalue weighted by Crippen LogP contribution is 2.21. The Morgan fingerprint density at radius 2 is 1.27 bits per heavy atom. The minimum atomic E-state index is -2.70. The van der Waals surface area contributed by atoms with Crippen molar-refractivity contribution in [2.75, 3.05) is 0 Å². The molecule has 130 valence electrons. The third-order valence-corrected chi connectivity index (χ3v) is 8.87. The molecular weight excluding hydrogens is 339 g/mol. The van der Waals surface area contributed by atoms with Crippen molar-refractivity contribution in [3.05, 3.63) is 102 Å². The number of halogens is 1. The zero-order valence-electron chi connectivity index (χ0n) is 14.9. The van der Waals surface area contributed by atoms with Gasteiger partial charge in [-0.05, 0) is 28.9 Å². The van der Waals surface area contributed by atoms with Gasteiger partial charge >= 0.3 is 0 Å². The topological polar surface area (TPSA) is 17.1 Å². The van der Waals surface area contributed by atoms with E-state index in [2.05, 4.69) is 0 Å². The fourth-order valence-corrected chi connectivity index (χ4v) is 6.15. The van der Waals surface area contributed by atoms with E-state index in [0.29, 0.717) is 5.56 Å². The first-order valence-electron chi connectivity index (χ1n) is 8.61. The lowest BCUT2D eigenvalue weighted by Crippen LogP contribution is -2.56. The van der Waals surface area contributed by atoms with Gasteiger partial charge in [-0.3, -0.25) is 4.79 Å². The summed E-state index contributed by atoms with van der Waals surface area (Å²) in [6, 6.07) is 26.8. The van der Waals surface area contributed by atoms with Crippen LogP contribution in [-0.4, -0.2) is 13.9 Å². The first-order valence-corrected chi connectivity index (χ1v) is 11.1. The Morgan fingerprint density at radius 3 is 1.69 bits per heavy atom. The summed E-state index contributed by atoms with van der Waals surface area (Å²) in [6.07, 6.45) is 1.61. The Balaban J connectivity index is 2.08. The zero-order valence-corrected chi connectivity index (χ0v) is 15.9. The molecule has 3 heteroatoms. The van der Waals surface area contributed by atoms with Crippen LogP contribution in [-0.2, 0) is 0 Å². The van der Waals surface area contributed by atoms with E-state index < -0.39 is 8.07 Å². The second-order valence-electron chi connectivity index (χ2n) is 6.53. The molecule has 0 aromatic heterocycles. The molecule has 3 rings (SSSR count). The predicted octanol–water partition coefficient (Wildman–Crippen LogP) is 4.63. The molecule has 26 heavy (non-hydrogen) atoms. The van der Waals surface area contributed by atoms with Crippen molar-refractivity contribution in [2.45, 2.75) is 13.5 Å². The van der Waals surface area contributed by atoms with E-state index in [9.17, 15) is 4.79 Å². The molecular formula is C23H21FOSi. The number of carbonyl (C=O) groups is 1. The van der Waals surface area contributed by atoms with Gasteiger partial charge in [-0.25, -0.2) is 4.39 Å². The van der Waals surface area contributed by atoms with Crippen LogP contribution in [0.4, 0.5) is 4.39 Å². The van der Waals surface area contributed by atoms with E-state index >= 15 is 4.39 Å². The van der Waals surface area contributed by atoms with Crippen molar-refractivity contribution < 1.29 is 9.18 Å². The molecule has 0 amide bonds. The van der Waals surface area contributed by atoms with Crippen LogP contribution in [0.1, 0.15) is 22.8 Å². The Morgan fingerprint density at radius 1 is 0.808 bits per heavy atom. The molecule has 1 nitrogen and oxygen atoms in total. The molecule has 0 saturated heterocycles. The van der Waals surface area contributed by atoms with Gasteiger partial charge in [0, 0.05) is 5.56 Å². The first-order chi connectivity index (χ1) is 12.5. The van der Waals surface area contributed by atoms with Gasteiger partial charge in [-0.1, -0.05) is 91.5 Å². The Bertz CT molecular complexity index is 876. The van der Waals surface area contributed by atoms with Gasteiger partial charge in [-0.2, -0.15) is 0 Å². The summed E-state index contributed by atoms with van der Waals surface area (Å²) >= 11 is 0. The van der Waals surface area contributed by atoms with Crippen LogP contribution in [0.5, 0.6) is 0 Å². The minimum absolute atomic E-state index is 0.00814. The minimum Gasteiger partial charge on any atom is -0.295 e. The third-order valence-electron chi connectivity index (χ3n) is 4.79. The van der Waals surface area contributed by atoms with Crippen LogP contribution in [0.25, 0.3) is 6.08 Å². The Hall–Kier alpha value is -2.78. The molecule has 0 bridgehead atoms. The van der Waals surface area contributed by atoms with Crippen LogP contribution in [0, 0.1) is 0 Å². The van der Waals surface area contributed by atoms with Gasteiger partial charge in [0.15, 0.2) is 13.9 Å². The quantitative estimate of drug-likeness (QED) is 0.479. The number of ketones is 1. The van der Waals surface area contributed by atoms with E-state index in [0.717, 1.165) is 15.9 Å². The maximum Gasteiger partial charge on any atom is 0.181 e. The predicted molar refractivity (Wildman–Crippen MR) is 109 cm³/mol. The van der Waals surface area contributed by atoms with E-state index in [-0.39, 0.29) is 11.2 Å². The molecule has 3 aromatic rings. The summed E-state index contributed by atoms with van der Waals surface area (Å²) in [5.41, 5.74) is 1.29. The normalized spacial score (nSPS) is 12.0. The molecule has 0 N–H and O–H groups in total. The molecule has 0 radical (unpaired) electrons. The largest absolute Gasteiger partial charge is 0.295 e. The van der Waals surface area contributed by atoms with Gasteiger partial charge in [0.25, 0.3) is 0 Å². The number of hydrogen-bond acceptors (Lipinski definition) is 1. The summed E-state index contributed by atoms with van der Waals surface area (Å²) in [5, 5.41) is 2.06. The highest BCUT2D eigenvalue weighted by molar-refractivity contribution is 7.06. The molecule has 0 spiro atoms. The zero-order chi connectivity index (χ0) is 18.6. The first kappa shape index (κ1) is 18.0. The van der Waals surface area contributed by atoms with Crippen molar-refractivity contribution in [1.82, 2.24) is 0 Å². The second-order valence-corrected chi connectivity index (χ2v) is 10.4. The molecule has 3 aromatic carbocycles. The molecule has 0 heterocycles. The average Bonchev–Trinajstić information content (AvgIpc) is 2.69. The average molecular weight is 361 g/mol. The maximum atomic E-state index is 15.6. The highest BCUT2D eigenvalue weighted by Gasteiger charge is 2.37. The van der Waals surface area contributed by atoms with Crippen molar-refractivity contribution in [3.8, 4) is 0 Å². The monoisotopic (exact) mass is 360 g/mol. The lowest BCUT2D eigenvalue weighted by molar-refractivity contribution is 0.101. The van der Waals surface area contributed by atoms with Gasteiger partial charge in [0.2, 0.25) is 0 Å². The van der Waals surface area contributed by atoms with Crippen LogP contribution < -0.4 is 10.4 Å². The second kappa shape index (κ2) is 7.62. The van der Waals surface area contributed by atoms with Crippen molar-refractivity contribution in [1.29, 1.82) is 0 Å².